The third-order valence-electron chi connectivity index (χ3n) is 2.83. The summed E-state index contributed by atoms with van der Waals surface area (Å²) in [5, 5.41) is 0. The summed E-state index contributed by atoms with van der Waals surface area (Å²) in [4.78, 5) is 11.1. The van der Waals surface area contributed by atoms with Crippen molar-refractivity contribution in [3.8, 4) is 0 Å². The van der Waals surface area contributed by atoms with E-state index in [9.17, 15) is 9.18 Å². The molecule has 0 aromatic heterocycles. The first-order chi connectivity index (χ1) is 8.51. The lowest BCUT2D eigenvalue weighted by Crippen LogP contribution is -2.27. The molecule has 4 heteroatoms. The van der Waals surface area contributed by atoms with Crippen molar-refractivity contribution in [2.75, 3.05) is 7.11 Å². The summed E-state index contributed by atoms with van der Waals surface area (Å²) in [6, 6.07) is 6.34. The first-order valence-electron chi connectivity index (χ1n) is 6.08. The van der Waals surface area contributed by atoms with Gasteiger partial charge in [-0.2, -0.15) is 0 Å². The zero-order valence-corrected chi connectivity index (χ0v) is 10.9. The number of hydrogen-bond acceptors (Lipinski definition) is 3. The van der Waals surface area contributed by atoms with Crippen LogP contribution in [0.3, 0.4) is 0 Å². The largest absolute Gasteiger partial charge is 0.469 e. The molecule has 0 bridgehead atoms. The molecule has 2 N–H and O–H groups in total. The van der Waals surface area contributed by atoms with Crippen LogP contribution in [-0.2, 0) is 16.0 Å². The summed E-state index contributed by atoms with van der Waals surface area (Å²) in [5.74, 6) is -0.217. The molecule has 0 aliphatic carbocycles. The Morgan fingerprint density at radius 2 is 2.22 bits per heavy atom. The van der Waals surface area contributed by atoms with Gasteiger partial charge in [-0.1, -0.05) is 19.1 Å². The minimum atomic E-state index is -0.291. The molecule has 0 amide bonds. The molecule has 0 saturated heterocycles. The normalized spacial score (nSPS) is 14.0. The lowest BCUT2D eigenvalue weighted by Gasteiger charge is -2.16. The number of methoxy groups -OCH3 is 1. The number of carbonyl (C=O) groups is 1. The Morgan fingerprint density at radius 1 is 1.50 bits per heavy atom. The molecule has 0 radical (unpaired) electrons. The van der Waals surface area contributed by atoms with Gasteiger partial charge in [0.05, 0.1) is 13.5 Å². The fourth-order valence-electron chi connectivity index (χ4n) is 2.05. The van der Waals surface area contributed by atoms with E-state index in [2.05, 4.69) is 4.74 Å². The van der Waals surface area contributed by atoms with Crippen molar-refractivity contribution in [1.82, 2.24) is 0 Å². The van der Waals surface area contributed by atoms with Crippen molar-refractivity contribution in [2.45, 2.75) is 32.2 Å². The average Bonchev–Trinajstić information content (AvgIpc) is 2.28. The van der Waals surface area contributed by atoms with Crippen LogP contribution in [0.1, 0.15) is 25.3 Å². The first-order valence-corrected chi connectivity index (χ1v) is 6.08. The quantitative estimate of drug-likeness (QED) is 0.791. The van der Waals surface area contributed by atoms with E-state index in [4.69, 9.17) is 5.73 Å². The Kier molecular flexibility index (Phi) is 5.78. The molecular weight excluding hydrogens is 233 g/mol. The predicted molar refractivity (Wildman–Crippen MR) is 68.5 cm³/mol. The van der Waals surface area contributed by atoms with Gasteiger partial charge in [-0.25, -0.2) is 4.39 Å². The van der Waals surface area contributed by atoms with Gasteiger partial charge in [0.2, 0.25) is 0 Å². The van der Waals surface area contributed by atoms with Crippen molar-refractivity contribution in [2.24, 2.45) is 11.7 Å². The maximum atomic E-state index is 13.0. The minimum Gasteiger partial charge on any atom is -0.469 e. The molecule has 0 aliphatic heterocycles. The van der Waals surface area contributed by atoms with Crippen LogP contribution in [0.4, 0.5) is 4.39 Å². The van der Waals surface area contributed by atoms with Crippen LogP contribution in [0.15, 0.2) is 24.3 Å². The van der Waals surface area contributed by atoms with E-state index in [-0.39, 0.29) is 24.2 Å². The lowest BCUT2D eigenvalue weighted by molar-refractivity contribution is -0.141. The van der Waals surface area contributed by atoms with Crippen molar-refractivity contribution in [1.29, 1.82) is 0 Å². The van der Waals surface area contributed by atoms with Crippen molar-refractivity contribution >= 4 is 5.97 Å². The number of nitrogens with two attached hydrogens (primary N) is 1. The van der Waals surface area contributed by atoms with Gasteiger partial charge in [0.1, 0.15) is 5.82 Å². The second kappa shape index (κ2) is 7.11. The topological polar surface area (TPSA) is 52.3 Å². The van der Waals surface area contributed by atoms with Gasteiger partial charge >= 0.3 is 5.97 Å². The maximum absolute atomic E-state index is 13.0. The number of ether oxygens (including phenoxy) is 1. The summed E-state index contributed by atoms with van der Waals surface area (Å²) >= 11 is 0. The molecule has 0 spiro atoms. The molecule has 0 aliphatic rings. The highest BCUT2D eigenvalue weighted by molar-refractivity contribution is 5.69. The molecule has 0 heterocycles. The van der Waals surface area contributed by atoms with Gasteiger partial charge in [-0.3, -0.25) is 4.79 Å². The Balaban J connectivity index is 2.41. The SMILES string of the molecule is COC(=O)CC(N)CC(C)Cc1cccc(F)c1. The zero-order chi connectivity index (χ0) is 13.5. The zero-order valence-electron chi connectivity index (χ0n) is 10.9. The molecule has 1 rings (SSSR count). The maximum Gasteiger partial charge on any atom is 0.307 e. The second-order valence-electron chi connectivity index (χ2n) is 4.72. The summed E-state index contributed by atoms with van der Waals surface area (Å²) < 4.78 is 17.6. The van der Waals surface area contributed by atoms with Gasteiger partial charge in [-0.15, -0.1) is 0 Å². The van der Waals surface area contributed by atoms with Gasteiger partial charge in [0, 0.05) is 6.04 Å². The third kappa shape index (κ3) is 5.27. The van der Waals surface area contributed by atoms with Gasteiger partial charge in [0.15, 0.2) is 0 Å². The minimum absolute atomic E-state index is 0.207. The Hall–Kier alpha value is -1.42. The highest BCUT2D eigenvalue weighted by Gasteiger charge is 2.14. The first kappa shape index (κ1) is 14.6. The second-order valence-corrected chi connectivity index (χ2v) is 4.72. The van der Waals surface area contributed by atoms with E-state index in [1.165, 1.54) is 19.2 Å². The van der Waals surface area contributed by atoms with E-state index < -0.39 is 0 Å². The summed E-state index contributed by atoms with van der Waals surface area (Å²) in [5.41, 5.74) is 6.81. The van der Waals surface area contributed by atoms with Crippen LogP contribution < -0.4 is 5.73 Å². The van der Waals surface area contributed by atoms with E-state index in [1.807, 2.05) is 13.0 Å². The molecule has 1 aromatic rings. The fourth-order valence-corrected chi connectivity index (χ4v) is 2.05. The number of benzene rings is 1. The fraction of sp³-hybridized carbons (Fsp3) is 0.500. The van der Waals surface area contributed by atoms with Crippen LogP contribution >= 0.6 is 0 Å². The number of rotatable bonds is 6. The number of carbonyl (C=O) groups excluding carboxylic acids is 1. The molecule has 2 unspecified atom stereocenters. The third-order valence-corrected chi connectivity index (χ3v) is 2.83. The molecule has 0 saturated carbocycles. The highest BCUT2D eigenvalue weighted by atomic mass is 19.1. The van der Waals surface area contributed by atoms with Crippen molar-refractivity contribution in [3.63, 3.8) is 0 Å². The van der Waals surface area contributed by atoms with Crippen LogP contribution in [0, 0.1) is 11.7 Å². The average molecular weight is 253 g/mol. The Bertz CT molecular complexity index is 395. The molecule has 100 valence electrons. The summed E-state index contributed by atoms with van der Waals surface area (Å²) in [6.45, 7) is 2.04. The van der Waals surface area contributed by atoms with E-state index in [1.54, 1.807) is 6.07 Å². The number of hydrogen-bond donors (Lipinski definition) is 1. The van der Waals surface area contributed by atoms with Crippen LogP contribution in [-0.4, -0.2) is 19.1 Å². The van der Waals surface area contributed by atoms with Gasteiger partial charge < -0.3 is 10.5 Å². The highest BCUT2D eigenvalue weighted by Crippen LogP contribution is 2.15. The van der Waals surface area contributed by atoms with E-state index in [0.29, 0.717) is 12.3 Å². The summed E-state index contributed by atoms with van der Waals surface area (Å²) in [7, 11) is 1.35. The van der Waals surface area contributed by atoms with Gasteiger partial charge in [0.25, 0.3) is 0 Å². The number of halogens is 1. The van der Waals surface area contributed by atoms with Crippen molar-refractivity contribution in [3.05, 3.63) is 35.6 Å². The van der Waals surface area contributed by atoms with Gasteiger partial charge in [-0.05, 0) is 36.5 Å². The number of esters is 1. The molecule has 1 aromatic carbocycles. The predicted octanol–water partition coefficient (Wildman–Crippen LogP) is 2.28. The molecule has 2 atom stereocenters. The molecule has 0 fully saturated rings. The molecular formula is C14H20FNO2. The Labute approximate surface area is 107 Å². The lowest BCUT2D eigenvalue weighted by atomic mass is 9.93. The molecule has 18 heavy (non-hydrogen) atoms. The van der Waals surface area contributed by atoms with Crippen LogP contribution in [0.25, 0.3) is 0 Å². The smallest absolute Gasteiger partial charge is 0.307 e. The summed E-state index contributed by atoms with van der Waals surface area (Å²) in [6.07, 6.45) is 1.70. The van der Waals surface area contributed by atoms with Crippen LogP contribution in [0.5, 0.6) is 0 Å². The van der Waals surface area contributed by atoms with E-state index in [0.717, 1.165) is 12.0 Å². The standard InChI is InChI=1S/C14H20FNO2/c1-10(7-13(16)9-14(17)18-2)6-11-4-3-5-12(15)8-11/h3-5,8,10,13H,6-7,9,16H2,1-2H3. The van der Waals surface area contributed by atoms with Crippen LogP contribution in [0.2, 0.25) is 0 Å². The molecule has 3 nitrogen and oxygen atoms in total. The monoisotopic (exact) mass is 253 g/mol. The van der Waals surface area contributed by atoms with Crippen molar-refractivity contribution < 1.29 is 13.9 Å². The Morgan fingerprint density at radius 3 is 2.83 bits per heavy atom. The van der Waals surface area contributed by atoms with E-state index >= 15 is 0 Å².